The van der Waals surface area contributed by atoms with Crippen molar-refractivity contribution >= 4 is 35.5 Å². The number of benzene rings is 2. The number of carbonyl (C=O) groups is 3. The smallest absolute Gasteiger partial charge is 0.493 e. The van der Waals surface area contributed by atoms with E-state index in [1.54, 1.807) is 32.4 Å². The van der Waals surface area contributed by atoms with Gasteiger partial charge in [0, 0.05) is 18.3 Å². The van der Waals surface area contributed by atoms with Gasteiger partial charge in [-0.2, -0.15) is 14.3 Å². The number of nitrogens with zero attached hydrogens (tertiary/aromatic N) is 3. The average Bonchev–Trinajstić information content (AvgIpc) is 2.88. The van der Waals surface area contributed by atoms with Crippen molar-refractivity contribution in [1.82, 2.24) is 4.90 Å². The van der Waals surface area contributed by atoms with E-state index in [-0.39, 0.29) is 19.0 Å². The van der Waals surface area contributed by atoms with E-state index in [1.165, 1.54) is 10.8 Å². The number of carbonyl (C=O) groups excluding carboxylic acids is 3. The lowest BCUT2D eigenvalue weighted by Gasteiger charge is -2.26. The quantitative estimate of drug-likeness (QED) is 0.575. The average molecular weight is 490 g/mol. The van der Waals surface area contributed by atoms with E-state index in [4.69, 9.17) is 9.47 Å². The van der Waals surface area contributed by atoms with Crippen LogP contribution < -0.4 is 14.8 Å². The van der Waals surface area contributed by atoms with Crippen LogP contribution in [-0.2, 0) is 16.0 Å². The largest absolute Gasteiger partial charge is 0.501 e. The zero-order chi connectivity index (χ0) is 25.8. The Bertz CT molecular complexity index is 1310. The molecule has 2 aromatic rings. The number of methoxy groups -OCH3 is 2. The molecule has 9 heteroatoms. The molecule has 4 rings (SSSR count). The highest BCUT2D eigenvalue weighted by molar-refractivity contribution is 6.20. The Morgan fingerprint density at radius 3 is 2.61 bits per heavy atom. The molecule has 0 fully saturated rings. The number of hydrogen-bond donors (Lipinski definition) is 1. The number of nitrogens with one attached hydrogen (secondary N) is 1. The summed E-state index contributed by atoms with van der Waals surface area (Å²) in [5.41, 5.74) is 3.87. The van der Waals surface area contributed by atoms with Crippen molar-refractivity contribution in [2.24, 2.45) is 4.99 Å². The van der Waals surface area contributed by atoms with E-state index in [1.807, 2.05) is 44.2 Å². The molecule has 9 nitrogen and oxygen atoms in total. The van der Waals surface area contributed by atoms with Crippen molar-refractivity contribution in [2.45, 2.75) is 26.3 Å². The van der Waals surface area contributed by atoms with E-state index in [0.717, 1.165) is 21.6 Å². The number of allylic oxidation sites excluding steroid dienone is 1. The molecule has 2 aromatic carbocycles. The standard InChI is InChI=1S/C27H28N4O5/c1-17-7-8-18(2)20(14-17)29-24(32)16-31-21-6-5-12-28-25(21)26(33)30(27(31)34)13-11-19-9-10-22(35-3)23(15-19)36-4/h5-10,12,14-15,25H,11,13,16H2,1-4H3/p+1. The number of hydrogen-bond acceptors (Lipinski definition) is 6. The molecule has 1 unspecified atom stereocenters. The van der Waals surface area contributed by atoms with E-state index in [9.17, 15) is 14.4 Å². The summed E-state index contributed by atoms with van der Waals surface area (Å²) in [6.45, 7) is 3.73. The number of imide groups is 1. The van der Waals surface area contributed by atoms with Gasteiger partial charge in [0.1, 0.15) is 12.3 Å². The number of fused-ring (bicyclic) bond motifs is 1. The minimum Gasteiger partial charge on any atom is -0.493 e. The maximum absolute atomic E-state index is 13.4. The molecule has 0 spiro atoms. The number of ether oxygens (including phenoxy) is 2. The Morgan fingerprint density at radius 1 is 1.08 bits per heavy atom. The zero-order valence-corrected chi connectivity index (χ0v) is 20.8. The fourth-order valence-corrected chi connectivity index (χ4v) is 4.22. The van der Waals surface area contributed by atoms with Crippen molar-refractivity contribution in [3.05, 3.63) is 65.2 Å². The normalized spacial score (nSPS) is 16.8. The molecule has 1 N–H and O–H groups in total. The summed E-state index contributed by atoms with van der Waals surface area (Å²) in [5.74, 6) is 0.381. The minimum atomic E-state index is -0.869. The third-order valence-corrected chi connectivity index (χ3v) is 6.18. The zero-order valence-electron chi connectivity index (χ0n) is 20.8. The number of rotatable bonds is 8. The first-order chi connectivity index (χ1) is 17.3. The molecule has 1 atom stereocenters. The van der Waals surface area contributed by atoms with Crippen molar-refractivity contribution in [2.75, 3.05) is 32.6 Å². The van der Waals surface area contributed by atoms with Gasteiger partial charge in [0.15, 0.2) is 18.0 Å². The highest BCUT2D eigenvalue weighted by atomic mass is 16.5. The molecular formula is C27H29N4O5+. The molecule has 2 heterocycles. The second kappa shape index (κ2) is 10.6. The van der Waals surface area contributed by atoms with Crippen LogP contribution in [0, 0.1) is 13.8 Å². The van der Waals surface area contributed by atoms with Crippen LogP contribution in [0.3, 0.4) is 0 Å². The summed E-state index contributed by atoms with van der Waals surface area (Å²) in [4.78, 5) is 45.0. The number of anilines is 1. The van der Waals surface area contributed by atoms with E-state index in [2.05, 4.69) is 10.3 Å². The highest BCUT2D eigenvalue weighted by Gasteiger charge is 2.48. The van der Waals surface area contributed by atoms with Crippen molar-refractivity contribution in [3.8, 4) is 11.5 Å². The summed E-state index contributed by atoms with van der Waals surface area (Å²) in [6, 6.07) is 9.80. The van der Waals surface area contributed by atoms with Crippen LogP contribution >= 0.6 is 0 Å². The molecule has 186 valence electrons. The van der Waals surface area contributed by atoms with E-state index >= 15 is 0 Å². The third-order valence-electron chi connectivity index (χ3n) is 6.18. The van der Waals surface area contributed by atoms with Gasteiger partial charge < -0.3 is 14.8 Å². The Balaban J connectivity index is 1.55. The molecule has 2 aliphatic heterocycles. The van der Waals surface area contributed by atoms with Crippen molar-refractivity contribution < 1.29 is 28.4 Å². The molecular weight excluding hydrogens is 460 g/mol. The lowest BCUT2D eigenvalue weighted by molar-refractivity contribution is -0.426. The topological polar surface area (TPSA) is 100 Å². The van der Waals surface area contributed by atoms with Crippen LogP contribution in [0.1, 0.15) is 16.7 Å². The fourth-order valence-electron chi connectivity index (χ4n) is 4.22. The van der Waals surface area contributed by atoms with Crippen LogP contribution in [0.15, 0.2) is 53.5 Å². The summed E-state index contributed by atoms with van der Waals surface area (Å²) in [5, 5.41) is 2.88. The van der Waals surface area contributed by atoms with Crippen LogP contribution in [0.2, 0.25) is 0 Å². The van der Waals surface area contributed by atoms with Crippen LogP contribution in [0.4, 0.5) is 10.5 Å². The molecule has 0 radical (unpaired) electrons. The van der Waals surface area contributed by atoms with Crippen molar-refractivity contribution in [1.29, 1.82) is 0 Å². The number of aliphatic imine (C=N–C) groups is 1. The molecule has 0 aliphatic carbocycles. The van der Waals surface area contributed by atoms with Gasteiger partial charge in [0.25, 0.3) is 5.91 Å². The summed E-state index contributed by atoms with van der Waals surface area (Å²) in [6.07, 6.45) is 5.25. The van der Waals surface area contributed by atoms with Gasteiger partial charge in [-0.25, -0.2) is 4.79 Å². The van der Waals surface area contributed by atoms with Gasteiger partial charge in [0.2, 0.25) is 6.04 Å². The maximum Gasteiger partial charge on any atom is 0.501 e. The number of amides is 4. The third kappa shape index (κ3) is 5.05. The molecule has 4 amide bonds. The summed E-state index contributed by atoms with van der Waals surface area (Å²) >= 11 is 0. The van der Waals surface area contributed by atoms with Gasteiger partial charge >= 0.3 is 11.9 Å². The second-order valence-corrected chi connectivity index (χ2v) is 8.65. The minimum absolute atomic E-state index is 0.130. The first-order valence-electron chi connectivity index (χ1n) is 11.6. The molecule has 0 saturated heterocycles. The fraction of sp³-hybridized carbons (Fsp3) is 0.296. The Labute approximate surface area is 209 Å². The maximum atomic E-state index is 13.4. The predicted molar refractivity (Wildman–Crippen MR) is 136 cm³/mol. The monoisotopic (exact) mass is 489 g/mol. The van der Waals surface area contributed by atoms with Gasteiger partial charge in [0.05, 0.1) is 14.2 Å². The van der Waals surface area contributed by atoms with Crippen LogP contribution in [0.5, 0.6) is 11.5 Å². The van der Waals surface area contributed by atoms with E-state index in [0.29, 0.717) is 29.3 Å². The van der Waals surface area contributed by atoms with Gasteiger partial charge in [-0.05, 0) is 60.9 Å². The Morgan fingerprint density at radius 2 is 1.86 bits per heavy atom. The van der Waals surface area contributed by atoms with Crippen LogP contribution in [-0.4, -0.2) is 72.6 Å². The van der Waals surface area contributed by atoms with E-state index < -0.39 is 18.0 Å². The lowest BCUT2D eigenvalue weighted by Crippen LogP contribution is -2.58. The molecule has 0 saturated carbocycles. The number of dihydropyridines is 1. The predicted octanol–water partition coefficient (Wildman–Crippen LogP) is 2.93. The first kappa shape index (κ1) is 24.8. The lowest BCUT2D eigenvalue weighted by atomic mass is 10.0. The molecule has 36 heavy (non-hydrogen) atoms. The second-order valence-electron chi connectivity index (χ2n) is 8.65. The Kier molecular flexibility index (Phi) is 7.28. The van der Waals surface area contributed by atoms with Gasteiger partial charge in [-0.3, -0.25) is 9.79 Å². The Hall–Kier alpha value is -4.27. The molecule has 0 bridgehead atoms. The summed E-state index contributed by atoms with van der Waals surface area (Å²) < 4.78 is 12.0. The van der Waals surface area contributed by atoms with Crippen LogP contribution in [0.25, 0.3) is 0 Å². The van der Waals surface area contributed by atoms with Crippen molar-refractivity contribution in [3.63, 3.8) is 0 Å². The number of aryl methyl sites for hydroxylation is 2. The van der Waals surface area contributed by atoms with Gasteiger partial charge in [-0.15, -0.1) is 0 Å². The van der Waals surface area contributed by atoms with Gasteiger partial charge in [-0.1, -0.05) is 18.2 Å². The molecule has 0 aromatic heterocycles. The number of urea groups is 1. The SMILES string of the molecule is COc1ccc(CCN2C(=O)C3N=CC=CC3=[N+](CC(=O)Nc3cc(C)ccc3C)C2=O)cc1OC. The molecule has 2 aliphatic rings. The highest BCUT2D eigenvalue weighted by Crippen LogP contribution is 2.28. The first-order valence-corrected chi connectivity index (χ1v) is 11.6. The summed E-state index contributed by atoms with van der Waals surface area (Å²) in [7, 11) is 3.10.